The molecule has 2 aromatic carbocycles. The van der Waals surface area contributed by atoms with Gasteiger partial charge in [0.05, 0.1) is 24.8 Å². The van der Waals surface area contributed by atoms with E-state index in [-0.39, 0.29) is 18.2 Å². The second-order valence-corrected chi connectivity index (χ2v) is 6.25. The van der Waals surface area contributed by atoms with Crippen LogP contribution in [0, 0.1) is 5.92 Å². The van der Waals surface area contributed by atoms with Crippen LogP contribution in [0.25, 0.3) is 0 Å². The van der Waals surface area contributed by atoms with Crippen LogP contribution in [0.1, 0.15) is 20.3 Å². The van der Waals surface area contributed by atoms with Gasteiger partial charge in [-0.1, -0.05) is 12.1 Å². The number of hydrogen-bond acceptors (Lipinski definition) is 4. The van der Waals surface area contributed by atoms with Crippen LogP contribution in [0.2, 0.25) is 0 Å². The Labute approximate surface area is 159 Å². The molecule has 0 radical (unpaired) electrons. The Bertz CT molecular complexity index is 804. The van der Waals surface area contributed by atoms with Crippen molar-refractivity contribution >= 4 is 23.2 Å². The van der Waals surface area contributed by atoms with Crippen molar-refractivity contribution in [3.63, 3.8) is 0 Å². The number of nitrogens with one attached hydrogen (secondary N) is 1. The average Bonchev–Trinajstić information content (AvgIpc) is 3.06. The standard InChI is InChI=1S/C21H24N2O4/c1-3-26-17-11-9-16(10-12-17)23-14-15(13-20(23)24)21(25)22-18-7-5-6-8-19(18)27-4-2/h5-12,15H,3-4,13-14H2,1-2H3,(H,22,25). The van der Waals surface area contributed by atoms with Crippen LogP contribution in [-0.4, -0.2) is 31.6 Å². The molecule has 2 amide bonds. The lowest BCUT2D eigenvalue weighted by atomic mass is 10.1. The highest BCUT2D eigenvalue weighted by Gasteiger charge is 2.35. The molecule has 6 heteroatoms. The molecule has 2 aromatic rings. The minimum Gasteiger partial charge on any atom is -0.494 e. The fourth-order valence-electron chi connectivity index (χ4n) is 3.11. The minimum absolute atomic E-state index is 0.0580. The maximum atomic E-state index is 12.7. The Balaban J connectivity index is 1.67. The Morgan fingerprint density at radius 2 is 1.78 bits per heavy atom. The van der Waals surface area contributed by atoms with E-state index in [1.807, 2.05) is 56.3 Å². The summed E-state index contributed by atoms with van der Waals surface area (Å²) in [4.78, 5) is 26.7. The molecule has 0 aliphatic carbocycles. The Morgan fingerprint density at radius 3 is 2.48 bits per heavy atom. The molecular formula is C21H24N2O4. The highest BCUT2D eigenvalue weighted by atomic mass is 16.5. The van der Waals surface area contributed by atoms with Crippen LogP contribution in [0.15, 0.2) is 48.5 Å². The largest absolute Gasteiger partial charge is 0.494 e. The molecule has 1 heterocycles. The second kappa shape index (κ2) is 8.58. The minimum atomic E-state index is -0.404. The molecule has 0 spiro atoms. The summed E-state index contributed by atoms with van der Waals surface area (Å²) in [5.41, 5.74) is 1.39. The van der Waals surface area contributed by atoms with Gasteiger partial charge in [0.15, 0.2) is 0 Å². The lowest BCUT2D eigenvalue weighted by Gasteiger charge is -2.17. The van der Waals surface area contributed by atoms with Gasteiger partial charge in [-0.05, 0) is 50.2 Å². The van der Waals surface area contributed by atoms with Crippen molar-refractivity contribution in [2.24, 2.45) is 5.92 Å². The van der Waals surface area contributed by atoms with Gasteiger partial charge in [-0.15, -0.1) is 0 Å². The SMILES string of the molecule is CCOc1ccc(N2CC(C(=O)Nc3ccccc3OCC)CC2=O)cc1. The van der Waals surface area contributed by atoms with Crippen LogP contribution in [0.3, 0.4) is 0 Å². The van der Waals surface area contributed by atoms with Gasteiger partial charge in [-0.3, -0.25) is 9.59 Å². The monoisotopic (exact) mass is 368 g/mol. The van der Waals surface area contributed by atoms with Gasteiger partial charge in [0.25, 0.3) is 0 Å². The number of benzene rings is 2. The van der Waals surface area contributed by atoms with E-state index in [1.165, 1.54) is 0 Å². The normalized spacial score (nSPS) is 16.3. The van der Waals surface area contributed by atoms with Gasteiger partial charge >= 0.3 is 0 Å². The number of amides is 2. The third-order valence-corrected chi connectivity index (χ3v) is 4.40. The van der Waals surface area contributed by atoms with E-state index in [9.17, 15) is 9.59 Å². The predicted octanol–water partition coefficient (Wildman–Crippen LogP) is 3.48. The number of anilines is 2. The number of carbonyl (C=O) groups is 2. The highest BCUT2D eigenvalue weighted by molar-refractivity contribution is 6.03. The van der Waals surface area contributed by atoms with Crippen LogP contribution < -0.4 is 19.7 Å². The summed E-state index contributed by atoms with van der Waals surface area (Å²) in [6.07, 6.45) is 0.190. The molecule has 1 saturated heterocycles. The average molecular weight is 368 g/mol. The summed E-state index contributed by atoms with van der Waals surface area (Å²) in [5.74, 6) is 0.746. The van der Waals surface area contributed by atoms with Gasteiger partial charge in [-0.25, -0.2) is 0 Å². The molecule has 1 N–H and O–H groups in total. The summed E-state index contributed by atoms with van der Waals surface area (Å²) < 4.78 is 11.0. The van der Waals surface area contributed by atoms with Gasteiger partial charge in [-0.2, -0.15) is 0 Å². The topological polar surface area (TPSA) is 67.9 Å². The molecule has 0 aromatic heterocycles. The molecular weight excluding hydrogens is 344 g/mol. The molecule has 6 nitrogen and oxygen atoms in total. The molecule has 1 aliphatic heterocycles. The first kappa shape index (κ1) is 18.8. The molecule has 1 atom stereocenters. The quantitative estimate of drug-likeness (QED) is 0.812. The van der Waals surface area contributed by atoms with Crippen molar-refractivity contribution in [3.8, 4) is 11.5 Å². The molecule has 1 fully saturated rings. The van der Waals surface area contributed by atoms with Gasteiger partial charge in [0, 0.05) is 18.7 Å². The van der Waals surface area contributed by atoms with Crippen LogP contribution in [0.5, 0.6) is 11.5 Å². The molecule has 0 bridgehead atoms. The van der Waals surface area contributed by atoms with Crippen LogP contribution in [-0.2, 0) is 9.59 Å². The van der Waals surface area contributed by atoms with Gasteiger partial charge in [0.2, 0.25) is 11.8 Å². The zero-order chi connectivity index (χ0) is 19.2. The maximum Gasteiger partial charge on any atom is 0.229 e. The summed E-state index contributed by atoms with van der Waals surface area (Å²) in [5, 5.41) is 2.89. The zero-order valence-electron chi connectivity index (χ0n) is 15.6. The van der Waals surface area contributed by atoms with Crippen molar-refractivity contribution in [2.45, 2.75) is 20.3 Å². The van der Waals surface area contributed by atoms with E-state index < -0.39 is 5.92 Å². The first-order valence-electron chi connectivity index (χ1n) is 9.18. The van der Waals surface area contributed by atoms with Crippen molar-refractivity contribution in [2.75, 3.05) is 30.0 Å². The molecule has 0 saturated carbocycles. The summed E-state index contributed by atoms with van der Waals surface area (Å²) >= 11 is 0. The van der Waals surface area contributed by atoms with Gasteiger partial charge in [0.1, 0.15) is 11.5 Å². The number of para-hydroxylation sites is 2. The summed E-state index contributed by atoms with van der Waals surface area (Å²) in [6, 6.07) is 14.6. The molecule has 27 heavy (non-hydrogen) atoms. The number of nitrogens with zero attached hydrogens (tertiary/aromatic N) is 1. The van der Waals surface area contributed by atoms with Crippen molar-refractivity contribution in [3.05, 3.63) is 48.5 Å². The fourth-order valence-corrected chi connectivity index (χ4v) is 3.11. The predicted molar refractivity (Wildman–Crippen MR) is 104 cm³/mol. The first-order chi connectivity index (χ1) is 13.1. The molecule has 3 rings (SSSR count). The number of ether oxygens (including phenoxy) is 2. The maximum absolute atomic E-state index is 12.7. The first-order valence-corrected chi connectivity index (χ1v) is 9.18. The molecule has 1 unspecified atom stereocenters. The molecule has 1 aliphatic rings. The van der Waals surface area contributed by atoms with Crippen LogP contribution in [0.4, 0.5) is 11.4 Å². The lowest BCUT2D eigenvalue weighted by molar-refractivity contribution is -0.122. The third kappa shape index (κ3) is 4.39. The number of carbonyl (C=O) groups excluding carboxylic acids is 2. The van der Waals surface area contributed by atoms with E-state index >= 15 is 0 Å². The smallest absolute Gasteiger partial charge is 0.229 e. The fraction of sp³-hybridized carbons (Fsp3) is 0.333. The van der Waals surface area contributed by atoms with E-state index in [4.69, 9.17) is 9.47 Å². The van der Waals surface area contributed by atoms with E-state index in [2.05, 4.69) is 5.32 Å². The second-order valence-electron chi connectivity index (χ2n) is 6.25. The summed E-state index contributed by atoms with van der Waals surface area (Å²) in [6.45, 7) is 5.27. The number of hydrogen-bond donors (Lipinski definition) is 1. The van der Waals surface area contributed by atoms with E-state index in [0.29, 0.717) is 31.2 Å². The summed E-state index contributed by atoms with van der Waals surface area (Å²) in [7, 11) is 0. The highest BCUT2D eigenvalue weighted by Crippen LogP contribution is 2.29. The van der Waals surface area contributed by atoms with E-state index in [0.717, 1.165) is 11.4 Å². The molecule has 142 valence electrons. The Kier molecular flexibility index (Phi) is 5.96. The lowest BCUT2D eigenvalue weighted by Crippen LogP contribution is -2.28. The van der Waals surface area contributed by atoms with Crippen molar-refractivity contribution in [1.29, 1.82) is 0 Å². The van der Waals surface area contributed by atoms with Crippen molar-refractivity contribution in [1.82, 2.24) is 0 Å². The zero-order valence-corrected chi connectivity index (χ0v) is 15.6. The number of rotatable bonds is 7. The van der Waals surface area contributed by atoms with E-state index in [1.54, 1.807) is 11.0 Å². The Hall–Kier alpha value is -3.02. The van der Waals surface area contributed by atoms with Crippen LogP contribution >= 0.6 is 0 Å². The van der Waals surface area contributed by atoms with Gasteiger partial charge < -0.3 is 19.7 Å². The van der Waals surface area contributed by atoms with Crippen molar-refractivity contribution < 1.29 is 19.1 Å². The third-order valence-electron chi connectivity index (χ3n) is 4.40. The Morgan fingerprint density at radius 1 is 1.07 bits per heavy atom.